The predicted octanol–water partition coefficient (Wildman–Crippen LogP) is 3.77. The quantitative estimate of drug-likeness (QED) is 0.725. The van der Waals surface area contributed by atoms with Crippen LogP contribution in [0.5, 0.6) is 0 Å². The number of hydrogen-bond donors (Lipinski definition) is 0. The molecule has 2 nitrogen and oxygen atoms in total. The van der Waals surface area contributed by atoms with Gasteiger partial charge in [-0.05, 0) is 31.1 Å². The second kappa shape index (κ2) is 6.23. The summed E-state index contributed by atoms with van der Waals surface area (Å²) in [6, 6.07) is 0. The van der Waals surface area contributed by atoms with Crippen LogP contribution in [0.25, 0.3) is 0 Å². The van der Waals surface area contributed by atoms with Crippen LogP contribution in [0.3, 0.4) is 0 Å². The normalized spacial score (nSPS) is 19.8. The Morgan fingerprint density at radius 2 is 1.82 bits per heavy atom. The van der Waals surface area contributed by atoms with Gasteiger partial charge in [-0.2, -0.15) is 0 Å². The maximum atomic E-state index is 11.8. The molecule has 0 radical (unpaired) electrons. The lowest BCUT2D eigenvalue weighted by atomic mass is 9.84. The summed E-state index contributed by atoms with van der Waals surface area (Å²) in [4.78, 5) is 14.2. The first-order chi connectivity index (χ1) is 7.98. The molecule has 0 heterocycles. The summed E-state index contributed by atoms with van der Waals surface area (Å²) < 4.78 is 0. The molecular weight excluding hydrogens is 210 g/mol. The molecule has 0 fully saturated rings. The molecule has 2 heteroatoms. The second-order valence-corrected chi connectivity index (χ2v) is 5.93. The van der Waals surface area contributed by atoms with E-state index in [-0.39, 0.29) is 5.41 Å². The van der Waals surface area contributed by atoms with Crippen LogP contribution in [-0.4, -0.2) is 23.8 Å². The molecule has 0 spiro atoms. The number of carbonyl (C=O) groups is 1. The van der Waals surface area contributed by atoms with E-state index in [9.17, 15) is 4.79 Å². The van der Waals surface area contributed by atoms with Crippen LogP contribution in [0.15, 0.2) is 11.8 Å². The van der Waals surface area contributed by atoms with E-state index in [0.29, 0.717) is 12.2 Å². The minimum absolute atomic E-state index is 0.262. The molecule has 0 amide bonds. The maximum absolute atomic E-state index is 11.8. The van der Waals surface area contributed by atoms with Gasteiger partial charge < -0.3 is 4.90 Å². The fourth-order valence-corrected chi connectivity index (χ4v) is 2.49. The van der Waals surface area contributed by atoms with Crippen LogP contribution in [0, 0.1) is 5.41 Å². The molecule has 0 aliphatic heterocycles. The summed E-state index contributed by atoms with van der Waals surface area (Å²) in [6.07, 6.45) is 6.96. The van der Waals surface area contributed by atoms with Crippen molar-refractivity contribution in [3.63, 3.8) is 0 Å². The van der Waals surface area contributed by atoms with Crippen LogP contribution in [0.4, 0.5) is 0 Å². The van der Waals surface area contributed by atoms with Crippen molar-refractivity contribution < 1.29 is 4.79 Å². The number of nitrogens with zero attached hydrogens (tertiary/aromatic N) is 1. The Labute approximate surface area is 106 Å². The van der Waals surface area contributed by atoms with Gasteiger partial charge in [0.25, 0.3) is 0 Å². The number of ketones is 1. The molecule has 98 valence electrons. The Hall–Kier alpha value is -0.790. The zero-order chi connectivity index (χ0) is 12.9. The van der Waals surface area contributed by atoms with Crippen molar-refractivity contribution in [3.8, 4) is 0 Å². The smallest absolute Gasteiger partial charge is 0.157 e. The highest BCUT2D eigenvalue weighted by molar-refractivity contribution is 5.90. The topological polar surface area (TPSA) is 20.3 Å². The summed E-state index contributed by atoms with van der Waals surface area (Å²) in [5.41, 5.74) is 1.53. The van der Waals surface area contributed by atoms with Gasteiger partial charge in [0.15, 0.2) is 5.78 Å². The van der Waals surface area contributed by atoms with E-state index in [1.54, 1.807) is 0 Å². The van der Waals surface area contributed by atoms with E-state index >= 15 is 0 Å². The Morgan fingerprint density at radius 1 is 1.24 bits per heavy atom. The maximum Gasteiger partial charge on any atom is 0.157 e. The second-order valence-electron chi connectivity index (χ2n) is 5.93. The third-order valence-electron chi connectivity index (χ3n) is 3.43. The lowest BCUT2D eigenvalue weighted by Gasteiger charge is -2.31. The van der Waals surface area contributed by atoms with E-state index in [0.717, 1.165) is 38.8 Å². The SMILES string of the molecule is CCCN(CCC)C1=CC(=O)CCC(C)(C)C1. The zero-order valence-corrected chi connectivity index (χ0v) is 11.9. The molecule has 1 aliphatic rings. The summed E-state index contributed by atoms with van der Waals surface area (Å²) in [5.74, 6) is 0.308. The molecule has 0 bridgehead atoms. The van der Waals surface area contributed by atoms with Crippen molar-refractivity contribution >= 4 is 5.78 Å². The number of hydrogen-bond acceptors (Lipinski definition) is 2. The van der Waals surface area contributed by atoms with E-state index in [2.05, 4.69) is 32.6 Å². The van der Waals surface area contributed by atoms with Crippen molar-refractivity contribution in [2.24, 2.45) is 5.41 Å². The first-order valence-electron chi connectivity index (χ1n) is 6.97. The number of allylic oxidation sites excluding steroid dienone is 2. The third-order valence-corrected chi connectivity index (χ3v) is 3.43. The summed E-state index contributed by atoms with van der Waals surface area (Å²) >= 11 is 0. The summed E-state index contributed by atoms with van der Waals surface area (Å²) in [5, 5.41) is 0. The first-order valence-corrected chi connectivity index (χ1v) is 6.97. The molecule has 0 aromatic rings. The lowest BCUT2D eigenvalue weighted by molar-refractivity contribution is -0.115. The van der Waals surface area contributed by atoms with Gasteiger partial charge in [-0.15, -0.1) is 0 Å². The molecule has 0 saturated carbocycles. The fraction of sp³-hybridized carbons (Fsp3) is 0.800. The number of rotatable bonds is 5. The van der Waals surface area contributed by atoms with Crippen molar-refractivity contribution in [2.45, 2.75) is 59.8 Å². The molecule has 1 aliphatic carbocycles. The van der Waals surface area contributed by atoms with Crippen LogP contribution >= 0.6 is 0 Å². The van der Waals surface area contributed by atoms with Gasteiger partial charge in [0.1, 0.15) is 0 Å². The summed E-state index contributed by atoms with van der Waals surface area (Å²) in [6.45, 7) is 11.1. The van der Waals surface area contributed by atoms with Crippen LogP contribution < -0.4 is 0 Å². The van der Waals surface area contributed by atoms with Crippen LogP contribution in [0.1, 0.15) is 59.8 Å². The Balaban J connectivity index is 2.85. The molecule has 0 atom stereocenters. The van der Waals surface area contributed by atoms with Gasteiger partial charge in [0.2, 0.25) is 0 Å². The average Bonchev–Trinajstić information content (AvgIpc) is 2.38. The highest BCUT2D eigenvalue weighted by Gasteiger charge is 2.26. The van der Waals surface area contributed by atoms with Gasteiger partial charge in [-0.25, -0.2) is 0 Å². The molecule has 0 saturated heterocycles. The Kier molecular flexibility index (Phi) is 5.23. The Morgan fingerprint density at radius 3 is 2.35 bits per heavy atom. The van der Waals surface area contributed by atoms with E-state index < -0.39 is 0 Å². The standard InChI is InChI=1S/C15H27NO/c1-5-9-16(10-6-2)13-11-14(17)7-8-15(3,4)12-13/h11H,5-10,12H2,1-4H3. The van der Waals surface area contributed by atoms with Crippen LogP contribution in [0.2, 0.25) is 0 Å². The lowest BCUT2D eigenvalue weighted by Crippen LogP contribution is -2.27. The average molecular weight is 237 g/mol. The molecule has 0 aromatic heterocycles. The summed E-state index contributed by atoms with van der Waals surface area (Å²) in [7, 11) is 0. The Bertz CT molecular complexity index is 285. The predicted molar refractivity (Wildman–Crippen MR) is 72.9 cm³/mol. The van der Waals surface area contributed by atoms with Gasteiger partial charge >= 0.3 is 0 Å². The largest absolute Gasteiger partial charge is 0.375 e. The van der Waals surface area contributed by atoms with Gasteiger partial charge in [-0.3, -0.25) is 4.79 Å². The van der Waals surface area contributed by atoms with E-state index in [1.807, 2.05) is 6.08 Å². The van der Waals surface area contributed by atoms with Crippen molar-refractivity contribution in [1.82, 2.24) is 4.90 Å². The monoisotopic (exact) mass is 237 g/mol. The highest BCUT2D eigenvalue weighted by atomic mass is 16.1. The molecule has 0 unspecified atom stereocenters. The van der Waals surface area contributed by atoms with Crippen LogP contribution in [-0.2, 0) is 4.79 Å². The molecule has 0 N–H and O–H groups in total. The molecule has 0 aromatic carbocycles. The van der Waals surface area contributed by atoms with E-state index in [1.165, 1.54) is 5.70 Å². The molecule has 1 rings (SSSR count). The minimum atomic E-state index is 0.262. The fourth-order valence-electron chi connectivity index (χ4n) is 2.49. The van der Waals surface area contributed by atoms with Crippen molar-refractivity contribution in [3.05, 3.63) is 11.8 Å². The highest BCUT2D eigenvalue weighted by Crippen LogP contribution is 2.34. The molecular formula is C15H27NO. The third kappa shape index (κ3) is 4.53. The number of carbonyl (C=O) groups excluding carboxylic acids is 1. The van der Waals surface area contributed by atoms with Gasteiger partial charge in [-0.1, -0.05) is 27.7 Å². The molecule has 17 heavy (non-hydrogen) atoms. The van der Waals surface area contributed by atoms with Gasteiger partial charge in [0, 0.05) is 31.3 Å². The van der Waals surface area contributed by atoms with E-state index in [4.69, 9.17) is 0 Å². The first kappa shape index (κ1) is 14.3. The van der Waals surface area contributed by atoms with Gasteiger partial charge in [0.05, 0.1) is 0 Å². The zero-order valence-electron chi connectivity index (χ0n) is 11.9. The van der Waals surface area contributed by atoms with Crippen molar-refractivity contribution in [1.29, 1.82) is 0 Å². The minimum Gasteiger partial charge on any atom is -0.375 e. The van der Waals surface area contributed by atoms with Crippen molar-refractivity contribution in [2.75, 3.05) is 13.1 Å².